The van der Waals surface area contributed by atoms with E-state index in [1.54, 1.807) is 42.6 Å². The summed E-state index contributed by atoms with van der Waals surface area (Å²) in [6.07, 6.45) is 6.76. The molecule has 3 N–H and O–H groups in total. The lowest BCUT2D eigenvalue weighted by atomic mass is 9.95. The molecule has 33 heavy (non-hydrogen) atoms. The third-order valence-corrected chi connectivity index (χ3v) is 6.38. The van der Waals surface area contributed by atoms with Gasteiger partial charge < -0.3 is 20.5 Å². The Morgan fingerprint density at radius 2 is 1.97 bits per heavy atom. The topological polar surface area (TPSA) is 121 Å². The number of hydrogen-bond donors (Lipinski definition) is 2. The molecule has 2 heterocycles. The van der Waals surface area contributed by atoms with Crippen LogP contribution in [0.4, 0.5) is 5.00 Å². The Balaban J connectivity index is 1.51. The number of primary amides is 1. The first-order valence-electron chi connectivity index (χ1n) is 10.5. The summed E-state index contributed by atoms with van der Waals surface area (Å²) in [5.41, 5.74) is 7.60. The zero-order valence-electron chi connectivity index (χ0n) is 17.8. The first-order valence-corrected chi connectivity index (χ1v) is 11.4. The molecule has 0 saturated carbocycles. The second-order valence-electron chi connectivity index (χ2n) is 7.59. The zero-order valence-corrected chi connectivity index (χ0v) is 18.7. The van der Waals surface area contributed by atoms with E-state index in [-0.39, 0.29) is 19.1 Å². The van der Waals surface area contributed by atoms with Crippen LogP contribution in [-0.2, 0) is 29.0 Å². The molecule has 0 unspecified atom stereocenters. The van der Waals surface area contributed by atoms with Crippen LogP contribution in [0.2, 0.25) is 0 Å². The van der Waals surface area contributed by atoms with E-state index in [0.717, 1.165) is 36.1 Å². The third kappa shape index (κ3) is 5.56. The smallest absolute Gasteiger partial charge is 0.341 e. The molecule has 170 valence electrons. The Hall–Kier alpha value is -3.72. The van der Waals surface area contributed by atoms with Gasteiger partial charge in [-0.05, 0) is 61.1 Å². The molecular formula is C24H23N3O5S. The molecule has 0 spiro atoms. The molecule has 4 rings (SSSR count). The van der Waals surface area contributed by atoms with Crippen molar-refractivity contribution in [3.05, 3.63) is 75.9 Å². The fourth-order valence-corrected chi connectivity index (χ4v) is 4.92. The summed E-state index contributed by atoms with van der Waals surface area (Å²) in [5.74, 6) is -0.927. The molecule has 0 fully saturated rings. The summed E-state index contributed by atoms with van der Waals surface area (Å²) < 4.78 is 10.9. The quantitative estimate of drug-likeness (QED) is 0.491. The van der Waals surface area contributed by atoms with Crippen molar-refractivity contribution < 1.29 is 23.9 Å². The minimum absolute atomic E-state index is 0.0210. The van der Waals surface area contributed by atoms with E-state index < -0.39 is 11.9 Å². The lowest BCUT2D eigenvalue weighted by Gasteiger charge is -2.13. The Labute approximate surface area is 194 Å². The number of hydrogen-bond acceptors (Lipinski definition) is 7. The molecule has 3 aromatic rings. The van der Waals surface area contributed by atoms with Gasteiger partial charge in [-0.2, -0.15) is 0 Å². The first kappa shape index (κ1) is 22.5. The molecular weight excluding hydrogens is 442 g/mol. The number of nitrogens with zero attached hydrogens (tertiary/aromatic N) is 1. The van der Waals surface area contributed by atoms with E-state index in [4.69, 9.17) is 15.2 Å². The number of benzene rings is 1. The lowest BCUT2D eigenvalue weighted by Crippen LogP contribution is -2.20. The maximum Gasteiger partial charge on any atom is 0.341 e. The number of carbonyl (C=O) groups excluding carboxylic acids is 3. The molecule has 0 bridgehead atoms. The Morgan fingerprint density at radius 3 is 2.76 bits per heavy atom. The number of thiophene rings is 1. The number of nitrogens with two attached hydrogens (primary N) is 1. The van der Waals surface area contributed by atoms with Gasteiger partial charge in [0.25, 0.3) is 11.8 Å². The van der Waals surface area contributed by atoms with Gasteiger partial charge in [0.1, 0.15) is 17.4 Å². The van der Waals surface area contributed by atoms with Crippen LogP contribution in [0.5, 0.6) is 5.75 Å². The van der Waals surface area contributed by atoms with Crippen molar-refractivity contribution in [2.45, 2.75) is 32.3 Å². The van der Waals surface area contributed by atoms with E-state index in [9.17, 15) is 14.4 Å². The number of carbonyl (C=O) groups is 3. The van der Waals surface area contributed by atoms with Crippen molar-refractivity contribution in [2.75, 3.05) is 11.9 Å². The zero-order chi connectivity index (χ0) is 23.2. The minimum Gasteiger partial charge on any atom is -0.484 e. The summed E-state index contributed by atoms with van der Waals surface area (Å²) in [6.45, 7) is -0.211. The van der Waals surface area contributed by atoms with Crippen LogP contribution in [0, 0.1) is 0 Å². The van der Waals surface area contributed by atoms with Crippen LogP contribution in [0.15, 0.2) is 48.8 Å². The van der Waals surface area contributed by atoms with Crippen molar-refractivity contribution in [3.63, 3.8) is 0 Å². The van der Waals surface area contributed by atoms with Gasteiger partial charge in [0.15, 0.2) is 6.61 Å². The van der Waals surface area contributed by atoms with Crippen molar-refractivity contribution >= 4 is 34.1 Å². The third-order valence-electron chi connectivity index (χ3n) is 5.18. The number of fused-ring (bicyclic) bond motifs is 1. The molecule has 1 aromatic carbocycles. The van der Waals surface area contributed by atoms with Crippen molar-refractivity contribution in [2.24, 2.45) is 5.73 Å². The number of rotatable bonds is 8. The van der Waals surface area contributed by atoms with Crippen LogP contribution in [0.1, 0.15) is 49.6 Å². The van der Waals surface area contributed by atoms with Gasteiger partial charge in [0.2, 0.25) is 0 Å². The number of pyridine rings is 1. The Morgan fingerprint density at radius 1 is 1.12 bits per heavy atom. The molecule has 0 radical (unpaired) electrons. The van der Waals surface area contributed by atoms with Crippen molar-refractivity contribution in [1.82, 2.24) is 4.98 Å². The highest BCUT2D eigenvalue weighted by Crippen LogP contribution is 2.39. The molecule has 0 atom stereocenters. The standard InChI is InChI=1S/C24H23N3O5S/c25-20(28)14-31-17-7-3-5-15(11-17)13-32-24(30)21-18-8-1-2-9-19(18)33-23(21)27-22(29)16-6-4-10-26-12-16/h3-7,10-12H,1-2,8-9,13-14H2,(H2,25,28)(H,27,29). The largest absolute Gasteiger partial charge is 0.484 e. The fraction of sp³-hybridized carbons (Fsp3) is 0.250. The summed E-state index contributed by atoms with van der Waals surface area (Å²) in [5, 5.41) is 3.37. The van der Waals surface area contributed by atoms with E-state index in [1.807, 2.05) is 0 Å². The predicted octanol–water partition coefficient (Wildman–Crippen LogP) is 3.50. The summed E-state index contributed by atoms with van der Waals surface area (Å²) >= 11 is 1.43. The number of esters is 1. The van der Waals surface area contributed by atoms with Crippen LogP contribution in [0.3, 0.4) is 0 Å². The SMILES string of the molecule is NC(=O)COc1cccc(COC(=O)c2c(NC(=O)c3cccnc3)sc3c2CCCC3)c1. The summed E-state index contributed by atoms with van der Waals surface area (Å²) in [4.78, 5) is 41.8. The molecule has 0 aliphatic heterocycles. The number of amides is 2. The highest BCUT2D eigenvalue weighted by molar-refractivity contribution is 7.17. The number of nitrogens with one attached hydrogen (secondary N) is 1. The molecule has 1 aliphatic carbocycles. The van der Waals surface area contributed by atoms with E-state index in [1.165, 1.54) is 17.5 Å². The number of anilines is 1. The number of aryl methyl sites for hydroxylation is 1. The molecule has 2 amide bonds. The highest BCUT2D eigenvalue weighted by atomic mass is 32.1. The molecule has 8 nitrogen and oxygen atoms in total. The van der Waals surface area contributed by atoms with Crippen LogP contribution < -0.4 is 15.8 Å². The van der Waals surface area contributed by atoms with Crippen LogP contribution in [0.25, 0.3) is 0 Å². The predicted molar refractivity (Wildman–Crippen MR) is 123 cm³/mol. The molecule has 0 saturated heterocycles. The van der Waals surface area contributed by atoms with Gasteiger partial charge in [-0.25, -0.2) is 4.79 Å². The van der Waals surface area contributed by atoms with Crippen LogP contribution in [-0.4, -0.2) is 29.4 Å². The number of aromatic nitrogens is 1. The van der Waals surface area contributed by atoms with Gasteiger partial charge in [-0.15, -0.1) is 11.3 Å². The normalized spacial score (nSPS) is 12.5. The van der Waals surface area contributed by atoms with Gasteiger partial charge in [0.05, 0.1) is 11.1 Å². The Bertz CT molecular complexity index is 1180. The second-order valence-corrected chi connectivity index (χ2v) is 8.69. The molecule has 2 aromatic heterocycles. The average Bonchev–Trinajstić information content (AvgIpc) is 3.20. The second kappa shape index (κ2) is 10.3. The Kier molecular flexibility index (Phi) is 6.99. The fourth-order valence-electron chi connectivity index (χ4n) is 3.64. The maximum atomic E-state index is 13.1. The maximum absolute atomic E-state index is 13.1. The molecule has 9 heteroatoms. The number of ether oxygens (including phenoxy) is 2. The van der Waals surface area contributed by atoms with E-state index in [2.05, 4.69) is 10.3 Å². The van der Waals surface area contributed by atoms with Gasteiger partial charge in [-0.3, -0.25) is 14.6 Å². The highest BCUT2D eigenvalue weighted by Gasteiger charge is 2.27. The summed E-state index contributed by atoms with van der Waals surface area (Å²) in [6, 6.07) is 10.3. The average molecular weight is 466 g/mol. The lowest BCUT2D eigenvalue weighted by molar-refractivity contribution is -0.119. The van der Waals surface area contributed by atoms with Crippen LogP contribution >= 0.6 is 11.3 Å². The van der Waals surface area contributed by atoms with E-state index in [0.29, 0.717) is 27.4 Å². The van der Waals surface area contributed by atoms with Gasteiger partial charge in [0, 0.05) is 17.3 Å². The van der Waals surface area contributed by atoms with Crippen molar-refractivity contribution in [1.29, 1.82) is 0 Å². The van der Waals surface area contributed by atoms with Gasteiger partial charge >= 0.3 is 5.97 Å². The monoisotopic (exact) mass is 465 g/mol. The van der Waals surface area contributed by atoms with Gasteiger partial charge in [-0.1, -0.05) is 12.1 Å². The molecule has 1 aliphatic rings. The van der Waals surface area contributed by atoms with Crippen molar-refractivity contribution in [3.8, 4) is 5.75 Å². The van der Waals surface area contributed by atoms with E-state index >= 15 is 0 Å². The minimum atomic E-state index is -0.574. The first-order chi connectivity index (χ1) is 16.0. The summed E-state index contributed by atoms with van der Waals surface area (Å²) in [7, 11) is 0.